The van der Waals surface area contributed by atoms with Crippen molar-refractivity contribution in [2.75, 3.05) is 22.6 Å². The predicted octanol–water partition coefficient (Wildman–Crippen LogP) is 5.05. The molecule has 1 aliphatic rings. The van der Waals surface area contributed by atoms with E-state index in [1.54, 1.807) is 11.8 Å². The van der Waals surface area contributed by atoms with Crippen LogP contribution in [-0.2, 0) is 16.0 Å². The van der Waals surface area contributed by atoms with Crippen LogP contribution in [0, 0.1) is 0 Å². The molecule has 0 unspecified atom stereocenters. The first-order valence-corrected chi connectivity index (χ1v) is 11.3. The summed E-state index contributed by atoms with van der Waals surface area (Å²) in [6, 6.07) is 25.0. The van der Waals surface area contributed by atoms with Gasteiger partial charge in [-0.25, -0.2) is 0 Å². The number of thioether (sulfide) groups is 1. The van der Waals surface area contributed by atoms with Crippen molar-refractivity contribution in [1.82, 2.24) is 0 Å². The Balaban J connectivity index is 1.42. The van der Waals surface area contributed by atoms with E-state index in [1.807, 2.05) is 71.6 Å². The molecule has 5 nitrogen and oxygen atoms in total. The van der Waals surface area contributed by atoms with Gasteiger partial charge in [-0.1, -0.05) is 49.4 Å². The number of ether oxygens (including phenoxy) is 1. The van der Waals surface area contributed by atoms with Gasteiger partial charge in [0, 0.05) is 11.4 Å². The van der Waals surface area contributed by atoms with Crippen molar-refractivity contribution in [2.45, 2.75) is 18.7 Å². The Morgan fingerprint density at radius 1 is 1.06 bits per heavy atom. The van der Waals surface area contributed by atoms with Gasteiger partial charge in [-0.15, -0.1) is 11.8 Å². The molecule has 1 heterocycles. The third-order valence-corrected chi connectivity index (χ3v) is 6.27. The lowest BCUT2D eigenvalue weighted by atomic mass is 10.1. The Bertz CT molecular complexity index is 1050. The lowest BCUT2D eigenvalue weighted by molar-refractivity contribution is -0.118. The number of anilines is 2. The first-order valence-electron chi connectivity index (χ1n) is 10.2. The second kappa shape index (κ2) is 9.71. The zero-order valence-corrected chi connectivity index (χ0v) is 18.1. The molecule has 4 rings (SSSR count). The zero-order valence-electron chi connectivity index (χ0n) is 17.3. The Kier molecular flexibility index (Phi) is 6.57. The van der Waals surface area contributed by atoms with Crippen LogP contribution in [0.5, 0.6) is 5.75 Å². The van der Waals surface area contributed by atoms with Crippen LogP contribution in [0.15, 0.2) is 78.9 Å². The van der Waals surface area contributed by atoms with E-state index in [0.29, 0.717) is 17.2 Å². The average Bonchev–Trinajstić information content (AvgIpc) is 3.20. The molecule has 1 aliphatic heterocycles. The van der Waals surface area contributed by atoms with Crippen LogP contribution in [-0.4, -0.2) is 24.2 Å². The maximum Gasteiger partial charge on any atom is 0.262 e. The topological polar surface area (TPSA) is 58.6 Å². The summed E-state index contributed by atoms with van der Waals surface area (Å²) in [6.07, 6.45) is 0.927. The van der Waals surface area contributed by atoms with Crippen molar-refractivity contribution in [2.24, 2.45) is 0 Å². The standard InChI is InChI=1S/C25H24N2O3S/c1-2-18-7-6-8-21(15-18)27-24(29)17-31-25(27)19-11-13-20(14-12-19)26-23(28)16-30-22-9-4-3-5-10-22/h3-15,25H,2,16-17H2,1H3,(H,26,28)/t25-/m0/s1. The van der Waals surface area contributed by atoms with E-state index in [1.165, 1.54) is 5.56 Å². The summed E-state index contributed by atoms with van der Waals surface area (Å²) in [7, 11) is 0. The van der Waals surface area contributed by atoms with Crippen molar-refractivity contribution in [1.29, 1.82) is 0 Å². The molecule has 6 heteroatoms. The number of para-hydroxylation sites is 1. The van der Waals surface area contributed by atoms with Gasteiger partial charge < -0.3 is 10.1 Å². The van der Waals surface area contributed by atoms with Crippen LogP contribution in [0.25, 0.3) is 0 Å². The highest BCUT2D eigenvalue weighted by molar-refractivity contribution is 8.00. The fourth-order valence-corrected chi connectivity index (χ4v) is 4.65. The van der Waals surface area contributed by atoms with Gasteiger partial charge in [0.2, 0.25) is 5.91 Å². The number of amides is 2. The zero-order chi connectivity index (χ0) is 21.6. The maximum absolute atomic E-state index is 12.6. The number of carbonyl (C=O) groups excluding carboxylic acids is 2. The first kappa shape index (κ1) is 21.0. The molecule has 1 atom stereocenters. The summed E-state index contributed by atoms with van der Waals surface area (Å²) in [5.41, 5.74) is 3.85. The number of nitrogens with one attached hydrogen (secondary N) is 1. The molecule has 0 bridgehead atoms. The molecule has 0 aromatic heterocycles. The second-order valence-corrected chi connectivity index (χ2v) is 8.29. The summed E-state index contributed by atoms with van der Waals surface area (Å²) in [4.78, 5) is 26.6. The minimum Gasteiger partial charge on any atom is -0.484 e. The monoisotopic (exact) mass is 432 g/mol. The van der Waals surface area contributed by atoms with E-state index in [-0.39, 0.29) is 23.8 Å². The lowest BCUT2D eigenvalue weighted by Gasteiger charge is -2.25. The van der Waals surface area contributed by atoms with Crippen molar-refractivity contribution < 1.29 is 14.3 Å². The van der Waals surface area contributed by atoms with Gasteiger partial charge in [-0.3, -0.25) is 14.5 Å². The molecule has 1 saturated heterocycles. The number of hydrogen-bond acceptors (Lipinski definition) is 4. The molecule has 0 spiro atoms. The minimum absolute atomic E-state index is 0.0553. The molecular weight excluding hydrogens is 408 g/mol. The number of carbonyl (C=O) groups is 2. The van der Waals surface area contributed by atoms with Crippen LogP contribution in [0.2, 0.25) is 0 Å². The average molecular weight is 433 g/mol. The first-order chi connectivity index (χ1) is 15.1. The van der Waals surface area contributed by atoms with Crippen LogP contribution in [0.1, 0.15) is 23.4 Å². The largest absolute Gasteiger partial charge is 0.484 e. The number of benzene rings is 3. The van der Waals surface area contributed by atoms with E-state index in [2.05, 4.69) is 24.4 Å². The maximum atomic E-state index is 12.6. The number of aryl methyl sites for hydroxylation is 1. The van der Waals surface area contributed by atoms with Crippen LogP contribution >= 0.6 is 11.8 Å². The van der Waals surface area contributed by atoms with Gasteiger partial charge in [-0.2, -0.15) is 0 Å². The molecule has 0 saturated carbocycles. The summed E-state index contributed by atoms with van der Waals surface area (Å²) < 4.78 is 5.48. The molecule has 1 fully saturated rings. The van der Waals surface area contributed by atoms with E-state index in [9.17, 15) is 9.59 Å². The Morgan fingerprint density at radius 2 is 1.84 bits per heavy atom. The van der Waals surface area contributed by atoms with E-state index in [4.69, 9.17) is 4.74 Å². The molecule has 1 N–H and O–H groups in total. The minimum atomic E-state index is -0.222. The molecule has 0 radical (unpaired) electrons. The van der Waals surface area contributed by atoms with E-state index in [0.717, 1.165) is 17.7 Å². The fraction of sp³-hybridized carbons (Fsp3) is 0.200. The number of nitrogens with zero attached hydrogens (tertiary/aromatic N) is 1. The van der Waals surface area contributed by atoms with Crippen LogP contribution < -0.4 is 15.0 Å². The fourth-order valence-electron chi connectivity index (χ4n) is 3.47. The van der Waals surface area contributed by atoms with Crippen LogP contribution in [0.3, 0.4) is 0 Å². The smallest absolute Gasteiger partial charge is 0.262 e. The van der Waals surface area contributed by atoms with Crippen LogP contribution in [0.4, 0.5) is 11.4 Å². The molecule has 0 aliphatic carbocycles. The number of rotatable bonds is 7. The summed E-state index contributed by atoms with van der Waals surface area (Å²) in [6.45, 7) is 2.05. The van der Waals surface area contributed by atoms with Gasteiger partial charge >= 0.3 is 0 Å². The van der Waals surface area contributed by atoms with Gasteiger partial charge in [0.25, 0.3) is 5.91 Å². The van der Waals surface area contributed by atoms with Gasteiger partial charge in [0.15, 0.2) is 6.61 Å². The van der Waals surface area contributed by atoms with Gasteiger partial charge in [-0.05, 0) is 53.9 Å². The second-order valence-electron chi connectivity index (χ2n) is 7.22. The van der Waals surface area contributed by atoms with Crippen molar-refractivity contribution in [3.8, 4) is 5.75 Å². The van der Waals surface area contributed by atoms with E-state index >= 15 is 0 Å². The van der Waals surface area contributed by atoms with Gasteiger partial charge in [0.05, 0.1) is 5.75 Å². The molecular formula is C25H24N2O3S. The van der Waals surface area contributed by atoms with Crippen molar-refractivity contribution >= 4 is 35.0 Å². The Labute approximate surface area is 186 Å². The summed E-state index contributed by atoms with van der Waals surface area (Å²) in [5, 5.41) is 2.77. The number of hydrogen-bond donors (Lipinski definition) is 1. The summed E-state index contributed by atoms with van der Waals surface area (Å²) >= 11 is 1.61. The Hall–Kier alpha value is -3.25. The SMILES string of the molecule is CCc1cccc(N2C(=O)CS[C@H]2c2ccc(NC(=O)COc3ccccc3)cc2)c1. The third-order valence-electron chi connectivity index (χ3n) is 5.06. The van der Waals surface area contributed by atoms with Gasteiger partial charge in [0.1, 0.15) is 11.1 Å². The highest BCUT2D eigenvalue weighted by Gasteiger charge is 2.34. The highest BCUT2D eigenvalue weighted by atomic mass is 32.2. The molecule has 2 amide bonds. The quantitative estimate of drug-likeness (QED) is 0.568. The molecule has 3 aromatic rings. The van der Waals surface area contributed by atoms with Crippen molar-refractivity contribution in [3.63, 3.8) is 0 Å². The molecule has 31 heavy (non-hydrogen) atoms. The van der Waals surface area contributed by atoms with Crippen molar-refractivity contribution in [3.05, 3.63) is 90.0 Å². The Morgan fingerprint density at radius 3 is 2.58 bits per heavy atom. The van der Waals surface area contributed by atoms with E-state index < -0.39 is 0 Å². The molecule has 158 valence electrons. The lowest BCUT2D eigenvalue weighted by Crippen LogP contribution is -2.27. The summed E-state index contributed by atoms with van der Waals surface area (Å²) in [5.74, 6) is 0.998. The third kappa shape index (κ3) is 5.09. The molecule has 3 aromatic carbocycles. The normalized spacial score (nSPS) is 15.7. The highest BCUT2D eigenvalue weighted by Crippen LogP contribution is 2.42. The predicted molar refractivity (Wildman–Crippen MR) is 126 cm³/mol.